The molecule has 1 aliphatic rings. The van der Waals surface area contributed by atoms with Crippen LogP contribution in [0.4, 0.5) is 0 Å². The number of ether oxygens (including phenoxy) is 1. The summed E-state index contributed by atoms with van der Waals surface area (Å²) in [6.07, 6.45) is 0. The van der Waals surface area contributed by atoms with Gasteiger partial charge < -0.3 is 14.5 Å². The van der Waals surface area contributed by atoms with E-state index in [0.717, 1.165) is 26.4 Å². The van der Waals surface area contributed by atoms with Crippen LogP contribution in [0.2, 0.25) is 0 Å². The van der Waals surface area contributed by atoms with E-state index in [1.54, 1.807) is 36.0 Å². The van der Waals surface area contributed by atoms with Crippen LogP contribution in [0.5, 0.6) is 5.75 Å². The molecule has 5 rings (SSSR count). The molecule has 2 amide bonds. The van der Waals surface area contributed by atoms with Crippen LogP contribution in [-0.4, -0.2) is 54.9 Å². The van der Waals surface area contributed by atoms with Gasteiger partial charge in [-0.05, 0) is 53.6 Å². The molecule has 1 aliphatic heterocycles. The van der Waals surface area contributed by atoms with Crippen LogP contribution in [0.15, 0.2) is 95.5 Å². The van der Waals surface area contributed by atoms with Gasteiger partial charge in [0.05, 0.1) is 13.2 Å². The fourth-order valence-electron chi connectivity index (χ4n) is 5.65. The first-order chi connectivity index (χ1) is 19.4. The molecule has 40 heavy (non-hydrogen) atoms. The Labute approximate surface area is 242 Å². The average molecular weight is 597 g/mol. The van der Waals surface area contributed by atoms with Crippen molar-refractivity contribution >= 4 is 38.5 Å². The van der Waals surface area contributed by atoms with Crippen molar-refractivity contribution in [3.63, 3.8) is 0 Å². The number of hydrogen-bond donors (Lipinski definition) is 0. The van der Waals surface area contributed by atoms with Gasteiger partial charge in [0, 0.05) is 47.7 Å². The van der Waals surface area contributed by atoms with Gasteiger partial charge in [0.2, 0.25) is 5.91 Å². The Kier molecular flexibility index (Phi) is 7.90. The van der Waals surface area contributed by atoms with E-state index < -0.39 is 11.3 Å². The van der Waals surface area contributed by atoms with Gasteiger partial charge in [-0.2, -0.15) is 5.26 Å². The first kappa shape index (κ1) is 27.4. The Balaban J connectivity index is 1.49. The maximum atomic E-state index is 14.3. The lowest BCUT2D eigenvalue weighted by atomic mass is 9.68. The standard InChI is InChI=1S/C33H30BrN3O3/c1-33(22-35,32(39)37-20-18-36(19-21-37)31(38)24-14-16-25(34)17-15-24)30(28-11-5-6-13-29(28)40-2)27-12-7-9-23-8-3-4-10-26(23)27/h3-17,30H,18-21H2,1-2H3/t30?,33-/m1/s1. The lowest BCUT2D eigenvalue weighted by molar-refractivity contribution is -0.140. The Morgan fingerprint density at radius 1 is 0.850 bits per heavy atom. The molecule has 1 unspecified atom stereocenters. The molecule has 4 aromatic carbocycles. The largest absolute Gasteiger partial charge is 0.496 e. The van der Waals surface area contributed by atoms with Crippen LogP contribution in [0.25, 0.3) is 10.8 Å². The summed E-state index contributed by atoms with van der Waals surface area (Å²) >= 11 is 3.40. The lowest BCUT2D eigenvalue weighted by Gasteiger charge is -2.40. The van der Waals surface area contributed by atoms with Gasteiger partial charge in [0.25, 0.3) is 5.91 Å². The molecule has 1 saturated heterocycles. The zero-order valence-electron chi connectivity index (χ0n) is 22.5. The molecule has 7 heteroatoms. The number of benzene rings is 4. The van der Waals surface area contributed by atoms with Crippen LogP contribution >= 0.6 is 15.9 Å². The molecule has 4 aromatic rings. The smallest absolute Gasteiger partial charge is 0.253 e. The summed E-state index contributed by atoms with van der Waals surface area (Å²) in [6, 6.07) is 31.3. The fraction of sp³-hybridized carbons (Fsp3) is 0.242. The third-order valence-electron chi connectivity index (χ3n) is 7.78. The number of carbonyl (C=O) groups is 2. The molecule has 1 heterocycles. The third kappa shape index (κ3) is 5.07. The summed E-state index contributed by atoms with van der Waals surface area (Å²) < 4.78 is 6.64. The number of halogens is 1. The summed E-state index contributed by atoms with van der Waals surface area (Å²) in [5.41, 5.74) is 0.847. The highest BCUT2D eigenvalue weighted by Crippen LogP contribution is 2.47. The molecule has 1 fully saturated rings. The third-order valence-corrected chi connectivity index (χ3v) is 8.31. The Morgan fingerprint density at radius 3 is 2.15 bits per heavy atom. The van der Waals surface area contributed by atoms with Gasteiger partial charge in [0.1, 0.15) is 11.2 Å². The zero-order chi connectivity index (χ0) is 28.3. The minimum atomic E-state index is -1.43. The monoisotopic (exact) mass is 595 g/mol. The van der Waals surface area contributed by atoms with E-state index in [0.29, 0.717) is 37.5 Å². The number of nitrogens with zero attached hydrogens (tertiary/aromatic N) is 3. The molecule has 0 radical (unpaired) electrons. The maximum Gasteiger partial charge on any atom is 0.253 e. The van der Waals surface area contributed by atoms with Crippen molar-refractivity contribution in [3.05, 3.63) is 112 Å². The van der Waals surface area contributed by atoms with E-state index in [1.807, 2.05) is 78.9 Å². The van der Waals surface area contributed by atoms with E-state index in [9.17, 15) is 14.9 Å². The molecule has 202 valence electrons. The van der Waals surface area contributed by atoms with Crippen molar-refractivity contribution in [2.75, 3.05) is 33.3 Å². The predicted molar refractivity (Wildman–Crippen MR) is 159 cm³/mol. The van der Waals surface area contributed by atoms with Crippen molar-refractivity contribution in [1.82, 2.24) is 9.80 Å². The van der Waals surface area contributed by atoms with Crippen molar-refractivity contribution < 1.29 is 14.3 Å². The average Bonchev–Trinajstić information content (AvgIpc) is 3.01. The Bertz CT molecular complexity index is 1580. The SMILES string of the molecule is COc1ccccc1C(c1cccc2ccccc12)[C@@](C)(C#N)C(=O)N1CCN(C(=O)c2ccc(Br)cc2)CC1. The highest BCUT2D eigenvalue weighted by molar-refractivity contribution is 9.10. The number of fused-ring (bicyclic) bond motifs is 1. The van der Waals surface area contributed by atoms with E-state index in [-0.39, 0.29) is 11.8 Å². The van der Waals surface area contributed by atoms with Crippen LogP contribution in [-0.2, 0) is 4.79 Å². The number of rotatable bonds is 6. The minimum Gasteiger partial charge on any atom is -0.496 e. The van der Waals surface area contributed by atoms with Gasteiger partial charge in [-0.1, -0.05) is 76.6 Å². The fourth-order valence-corrected chi connectivity index (χ4v) is 5.91. The highest BCUT2D eigenvalue weighted by atomic mass is 79.9. The van der Waals surface area contributed by atoms with Gasteiger partial charge in [-0.3, -0.25) is 9.59 Å². The summed E-state index contributed by atoms with van der Waals surface area (Å²) in [5, 5.41) is 12.7. The van der Waals surface area contributed by atoms with E-state index >= 15 is 0 Å². The molecule has 0 aromatic heterocycles. The second-order valence-corrected chi connectivity index (χ2v) is 11.1. The van der Waals surface area contributed by atoms with Crippen molar-refractivity contribution in [3.8, 4) is 11.8 Å². The molecule has 2 atom stereocenters. The van der Waals surface area contributed by atoms with Gasteiger partial charge in [-0.25, -0.2) is 0 Å². The number of piperazine rings is 1. The highest BCUT2D eigenvalue weighted by Gasteiger charge is 2.47. The number of hydrogen-bond acceptors (Lipinski definition) is 4. The lowest BCUT2D eigenvalue weighted by Crippen LogP contribution is -2.54. The van der Waals surface area contributed by atoms with Gasteiger partial charge in [0.15, 0.2) is 0 Å². The number of para-hydroxylation sites is 1. The number of methoxy groups -OCH3 is 1. The normalized spacial score (nSPS) is 15.7. The maximum absolute atomic E-state index is 14.3. The number of nitriles is 1. The molecule has 0 bridgehead atoms. The number of carbonyl (C=O) groups excluding carboxylic acids is 2. The molecule has 6 nitrogen and oxygen atoms in total. The van der Waals surface area contributed by atoms with E-state index in [4.69, 9.17) is 4.74 Å². The van der Waals surface area contributed by atoms with Crippen molar-refractivity contribution in [2.24, 2.45) is 5.41 Å². The Morgan fingerprint density at radius 2 is 1.45 bits per heavy atom. The second-order valence-electron chi connectivity index (χ2n) is 10.1. The van der Waals surface area contributed by atoms with Crippen molar-refractivity contribution in [1.29, 1.82) is 5.26 Å². The number of amides is 2. The zero-order valence-corrected chi connectivity index (χ0v) is 24.1. The topological polar surface area (TPSA) is 73.6 Å². The first-order valence-corrected chi connectivity index (χ1v) is 14.0. The van der Waals surface area contributed by atoms with Crippen molar-refractivity contribution in [2.45, 2.75) is 12.8 Å². The van der Waals surface area contributed by atoms with Crippen LogP contribution in [0.1, 0.15) is 34.3 Å². The summed E-state index contributed by atoms with van der Waals surface area (Å²) in [7, 11) is 1.60. The molecule has 0 aliphatic carbocycles. The molecule has 0 N–H and O–H groups in total. The van der Waals surface area contributed by atoms with Crippen LogP contribution in [0, 0.1) is 16.7 Å². The molecule has 0 saturated carbocycles. The van der Waals surface area contributed by atoms with Crippen LogP contribution < -0.4 is 4.74 Å². The molecule has 0 spiro atoms. The van der Waals surface area contributed by atoms with E-state index in [1.165, 1.54) is 0 Å². The summed E-state index contributed by atoms with van der Waals surface area (Å²) in [5.74, 6) is -0.283. The first-order valence-electron chi connectivity index (χ1n) is 13.2. The second kappa shape index (κ2) is 11.5. The summed E-state index contributed by atoms with van der Waals surface area (Å²) in [6.45, 7) is 3.23. The van der Waals surface area contributed by atoms with Crippen LogP contribution in [0.3, 0.4) is 0 Å². The Hall–Kier alpha value is -4.15. The summed E-state index contributed by atoms with van der Waals surface area (Å²) in [4.78, 5) is 30.9. The van der Waals surface area contributed by atoms with Gasteiger partial charge in [-0.15, -0.1) is 0 Å². The quantitative estimate of drug-likeness (QED) is 0.264. The van der Waals surface area contributed by atoms with Gasteiger partial charge >= 0.3 is 0 Å². The minimum absolute atomic E-state index is 0.0645. The van der Waals surface area contributed by atoms with E-state index in [2.05, 4.69) is 22.0 Å². The predicted octanol–water partition coefficient (Wildman–Crippen LogP) is 6.26. The molecular formula is C33H30BrN3O3. The molecular weight excluding hydrogens is 566 g/mol.